The van der Waals surface area contributed by atoms with E-state index in [4.69, 9.17) is 5.11 Å². The van der Waals surface area contributed by atoms with Crippen LogP contribution < -0.4 is 5.01 Å². The van der Waals surface area contributed by atoms with E-state index in [9.17, 15) is 9.59 Å². The topological polar surface area (TPSA) is 70.0 Å². The van der Waals surface area contributed by atoms with Crippen molar-refractivity contribution >= 4 is 23.3 Å². The van der Waals surface area contributed by atoms with Gasteiger partial charge in [0.05, 0.1) is 12.1 Å². The number of carbonyl (C=O) groups excluding carboxylic acids is 1. The van der Waals surface area contributed by atoms with E-state index in [-0.39, 0.29) is 23.5 Å². The zero-order chi connectivity index (χ0) is 14.2. The molecular weight excluding hydrogens is 244 g/mol. The second kappa shape index (κ2) is 4.50. The lowest BCUT2D eigenvalue weighted by atomic mass is 9.87. The number of benzene rings is 1. The molecule has 1 amide bonds. The Bertz CT molecular complexity index is 553. The Morgan fingerprint density at radius 3 is 2.26 bits per heavy atom. The van der Waals surface area contributed by atoms with Crippen molar-refractivity contribution in [2.75, 3.05) is 5.01 Å². The maximum Gasteiger partial charge on any atom is 0.352 e. The molecule has 0 aliphatic carbocycles. The number of rotatable bonds is 2. The van der Waals surface area contributed by atoms with Crippen LogP contribution in [0.4, 0.5) is 5.69 Å². The second-order valence-corrected chi connectivity index (χ2v) is 5.53. The third-order valence-electron chi connectivity index (χ3n) is 3.00. The van der Waals surface area contributed by atoms with Crippen LogP contribution in [0.5, 0.6) is 0 Å². The van der Waals surface area contributed by atoms with Gasteiger partial charge in [-0.3, -0.25) is 4.79 Å². The number of amides is 1. The molecule has 1 aliphatic heterocycles. The van der Waals surface area contributed by atoms with Crippen LogP contribution in [0.3, 0.4) is 0 Å². The van der Waals surface area contributed by atoms with Crippen molar-refractivity contribution in [2.45, 2.75) is 32.6 Å². The number of hydrogen-bond donors (Lipinski definition) is 1. The molecule has 1 aliphatic rings. The first-order valence-electron chi connectivity index (χ1n) is 6.03. The number of hydrazone groups is 1. The van der Waals surface area contributed by atoms with E-state index < -0.39 is 5.97 Å². The quantitative estimate of drug-likeness (QED) is 0.885. The maximum atomic E-state index is 11.7. The van der Waals surface area contributed by atoms with Crippen LogP contribution in [-0.4, -0.2) is 22.7 Å². The first-order chi connectivity index (χ1) is 8.79. The molecular formula is C14H16N2O3. The lowest BCUT2D eigenvalue weighted by Crippen LogP contribution is -2.20. The fourth-order valence-electron chi connectivity index (χ4n) is 1.85. The number of aliphatic carboxylic acids is 1. The number of hydrogen-bond acceptors (Lipinski definition) is 3. The Morgan fingerprint density at radius 1 is 1.26 bits per heavy atom. The van der Waals surface area contributed by atoms with E-state index in [0.717, 1.165) is 10.6 Å². The average molecular weight is 260 g/mol. The summed E-state index contributed by atoms with van der Waals surface area (Å²) in [6.07, 6.45) is -0.156. The van der Waals surface area contributed by atoms with Gasteiger partial charge in [0.25, 0.3) is 5.91 Å². The Kier molecular flexibility index (Phi) is 3.14. The minimum atomic E-state index is -1.15. The summed E-state index contributed by atoms with van der Waals surface area (Å²) < 4.78 is 0. The van der Waals surface area contributed by atoms with E-state index in [2.05, 4.69) is 25.9 Å². The highest BCUT2D eigenvalue weighted by atomic mass is 16.4. The second-order valence-electron chi connectivity index (χ2n) is 5.53. The third-order valence-corrected chi connectivity index (χ3v) is 3.00. The molecule has 1 aromatic carbocycles. The summed E-state index contributed by atoms with van der Waals surface area (Å²) in [5, 5.41) is 13.8. The van der Waals surface area contributed by atoms with Crippen molar-refractivity contribution < 1.29 is 14.7 Å². The number of anilines is 1. The predicted octanol–water partition coefficient (Wildman–Crippen LogP) is 2.16. The predicted molar refractivity (Wildman–Crippen MR) is 72.3 cm³/mol. The summed E-state index contributed by atoms with van der Waals surface area (Å²) in [6, 6.07) is 7.42. The minimum Gasteiger partial charge on any atom is -0.477 e. The number of carboxylic acid groups (broad SMARTS) is 1. The molecule has 19 heavy (non-hydrogen) atoms. The molecule has 0 aromatic heterocycles. The van der Waals surface area contributed by atoms with Gasteiger partial charge in [-0.1, -0.05) is 32.9 Å². The van der Waals surface area contributed by atoms with Crippen LogP contribution >= 0.6 is 0 Å². The van der Waals surface area contributed by atoms with Gasteiger partial charge in [0, 0.05) is 0 Å². The molecule has 0 saturated carbocycles. The highest BCUT2D eigenvalue weighted by molar-refractivity contribution is 6.42. The molecule has 5 nitrogen and oxygen atoms in total. The molecule has 0 saturated heterocycles. The van der Waals surface area contributed by atoms with Crippen LogP contribution in [-0.2, 0) is 15.0 Å². The maximum absolute atomic E-state index is 11.7. The van der Waals surface area contributed by atoms with Gasteiger partial charge in [-0.05, 0) is 23.1 Å². The molecule has 0 unspecified atom stereocenters. The van der Waals surface area contributed by atoms with Crippen molar-refractivity contribution in [3.8, 4) is 0 Å². The smallest absolute Gasteiger partial charge is 0.352 e. The molecule has 1 N–H and O–H groups in total. The van der Waals surface area contributed by atoms with E-state index in [1.807, 2.05) is 12.1 Å². The molecule has 0 radical (unpaired) electrons. The molecule has 0 fully saturated rings. The molecule has 1 aromatic rings. The molecule has 2 rings (SSSR count). The Hall–Kier alpha value is -2.17. The first-order valence-corrected chi connectivity index (χ1v) is 6.03. The van der Waals surface area contributed by atoms with Crippen molar-refractivity contribution in [1.29, 1.82) is 0 Å². The van der Waals surface area contributed by atoms with Gasteiger partial charge < -0.3 is 5.11 Å². The normalized spacial score (nSPS) is 15.6. The van der Waals surface area contributed by atoms with Crippen LogP contribution in [0.15, 0.2) is 29.4 Å². The molecule has 100 valence electrons. The number of nitrogens with zero attached hydrogens (tertiary/aromatic N) is 2. The summed E-state index contributed by atoms with van der Waals surface area (Å²) in [5.41, 5.74) is 1.65. The van der Waals surface area contributed by atoms with Gasteiger partial charge in [-0.15, -0.1) is 0 Å². The lowest BCUT2D eigenvalue weighted by molar-refractivity contribution is -0.129. The van der Waals surface area contributed by atoms with Gasteiger partial charge >= 0.3 is 5.97 Å². The molecule has 1 heterocycles. The Morgan fingerprint density at radius 2 is 1.84 bits per heavy atom. The Balaban J connectivity index is 2.28. The Labute approximate surface area is 111 Å². The highest BCUT2D eigenvalue weighted by Crippen LogP contribution is 2.26. The van der Waals surface area contributed by atoms with Crippen molar-refractivity contribution in [2.24, 2.45) is 5.10 Å². The fraction of sp³-hybridized carbons (Fsp3) is 0.357. The third kappa shape index (κ3) is 2.65. The molecule has 0 atom stereocenters. The van der Waals surface area contributed by atoms with E-state index in [0.29, 0.717) is 5.69 Å². The van der Waals surface area contributed by atoms with Crippen LogP contribution in [0.2, 0.25) is 0 Å². The summed E-state index contributed by atoms with van der Waals surface area (Å²) in [5.74, 6) is -1.47. The first kappa shape index (κ1) is 13.3. The van der Waals surface area contributed by atoms with Gasteiger partial charge in [0.2, 0.25) is 0 Å². The monoisotopic (exact) mass is 260 g/mol. The lowest BCUT2D eigenvalue weighted by Gasteiger charge is -2.20. The van der Waals surface area contributed by atoms with Crippen LogP contribution in [0.25, 0.3) is 0 Å². The summed E-state index contributed by atoms with van der Waals surface area (Å²) in [6.45, 7) is 6.30. The van der Waals surface area contributed by atoms with E-state index >= 15 is 0 Å². The SMILES string of the molecule is CC(C)(C)c1ccc(N2N=C(C(=O)O)CC2=O)cc1. The van der Waals surface area contributed by atoms with Crippen molar-refractivity contribution in [3.63, 3.8) is 0 Å². The van der Waals surface area contributed by atoms with Crippen molar-refractivity contribution in [1.82, 2.24) is 0 Å². The van der Waals surface area contributed by atoms with Crippen LogP contribution in [0, 0.1) is 0 Å². The zero-order valence-electron chi connectivity index (χ0n) is 11.2. The summed E-state index contributed by atoms with van der Waals surface area (Å²) >= 11 is 0. The van der Waals surface area contributed by atoms with Gasteiger partial charge in [0.15, 0.2) is 5.71 Å². The fourth-order valence-corrected chi connectivity index (χ4v) is 1.85. The van der Waals surface area contributed by atoms with E-state index in [1.165, 1.54) is 0 Å². The van der Waals surface area contributed by atoms with Crippen molar-refractivity contribution in [3.05, 3.63) is 29.8 Å². The number of carbonyl (C=O) groups is 2. The molecule has 0 spiro atoms. The minimum absolute atomic E-state index is 0.0308. The van der Waals surface area contributed by atoms with Gasteiger partial charge in [0.1, 0.15) is 0 Å². The van der Waals surface area contributed by atoms with E-state index in [1.54, 1.807) is 12.1 Å². The van der Waals surface area contributed by atoms with Gasteiger partial charge in [-0.2, -0.15) is 10.1 Å². The summed E-state index contributed by atoms with van der Waals surface area (Å²) in [7, 11) is 0. The largest absolute Gasteiger partial charge is 0.477 e. The van der Waals surface area contributed by atoms with Gasteiger partial charge in [-0.25, -0.2) is 4.79 Å². The average Bonchev–Trinajstić information content (AvgIpc) is 2.70. The molecule has 0 bridgehead atoms. The molecule has 5 heteroatoms. The number of carboxylic acids is 1. The highest BCUT2D eigenvalue weighted by Gasteiger charge is 2.29. The zero-order valence-corrected chi connectivity index (χ0v) is 11.2. The summed E-state index contributed by atoms with van der Waals surface area (Å²) in [4.78, 5) is 22.5. The van der Waals surface area contributed by atoms with Crippen LogP contribution in [0.1, 0.15) is 32.8 Å². The standard InChI is InChI=1S/C14H16N2O3/c1-14(2,3)9-4-6-10(7-5-9)16-12(17)8-11(15-16)13(18)19/h4-7H,8H2,1-3H3,(H,18,19).